The predicted octanol–water partition coefficient (Wildman–Crippen LogP) is 1.18. The fourth-order valence-corrected chi connectivity index (χ4v) is 2.29. The van der Waals surface area contributed by atoms with Crippen LogP contribution in [0.1, 0.15) is 18.2 Å². The van der Waals surface area contributed by atoms with Gasteiger partial charge in [0.1, 0.15) is 6.54 Å². The van der Waals surface area contributed by atoms with Crippen molar-refractivity contribution < 1.29 is 4.79 Å². The van der Waals surface area contributed by atoms with Gasteiger partial charge in [0.15, 0.2) is 0 Å². The molecule has 1 aromatic carbocycles. The maximum absolute atomic E-state index is 12.1. The minimum absolute atomic E-state index is 0.0286. The molecule has 0 aliphatic heterocycles. The number of hydrogen-bond acceptors (Lipinski definition) is 5. The highest BCUT2D eigenvalue weighted by molar-refractivity contribution is 5.75. The molecule has 0 saturated carbocycles. The van der Waals surface area contributed by atoms with Crippen LogP contribution in [0.25, 0.3) is 11.4 Å². The van der Waals surface area contributed by atoms with Crippen LogP contribution < -0.4 is 5.32 Å². The molecule has 24 heavy (non-hydrogen) atoms. The summed E-state index contributed by atoms with van der Waals surface area (Å²) in [4.78, 5) is 13.3. The molecule has 0 bridgehead atoms. The first-order chi connectivity index (χ1) is 11.7. The molecule has 1 N–H and O–H groups in total. The summed E-state index contributed by atoms with van der Waals surface area (Å²) in [5.74, 6) is 0.333. The molecule has 0 fully saturated rings. The minimum Gasteiger partial charge on any atom is -0.350 e. The summed E-state index contributed by atoms with van der Waals surface area (Å²) in [7, 11) is 0. The van der Waals surface area contributed by atoms with E-state index in [1.54, 1.807) is 0 Å². The zero-order valence-electron chi connectivity index (χ0n) is 13.7. The Bertz CT molecular complexity index is 822. The summed E-state index contributed by atoms with van der Waals surface area (Å²) in [5.41, 5.74) is 2.79. The fourth-order valence-electron chi connectivity index (χ4n) is 2.29. The lowest BCUT2D eigenvalue weighted by Crippen LogP contribution is -2.28. The van der Waals surface area contributed by atoms with Gasteiger partial charge >= 0.3 is 0 Å². The quantitative estimate of drug-likeness (QED) is 0.735. The van der Waals surface area contributed by atoms with Gasteiger partial charge in [0.25, 0.3) is 0 Å². The highest BCUT2D eigenvalue weighted by Gasteiger charge is 2.10. The van der Waals surface area contributed by atoms with E-state index in [4.69, 9.17) is 0 Å². The van der Waals surface area contributed by atoms with Crippen molar-refractivity contribution in [3.63, 3.8) is 0 Å². The predicted molar refractivity (Wildman–Crippen MR) is 87.7 cm³/mol. The van der Waals surface area contributed by atoms with E-state index in [0.29, 0.717) is 12.4 Å². The van der Waals surface area contributed by atoms with Crippen molar-refractivity contribution >= 4 is 5.91 Å². The molecule has 8 nitrogen and oxygen atoms in total. The summed E-state index contributed by atoms with van der Waals surface area (Å²) in [6.07, 6.45) is 1.94. The smallest absolute Gasteiger partial charge is 0.243 e. The first kappa shape index (κ1) is 15.9. The topological polar surface area (TPSA) is 90.5 Å². The van der Waals surface area contributed by atoms with Gasteiger partial charge in [0, 0.05) is 30.4 Å². The Morgan fingerprint density at radius 3 is 2.71 bits per heavy atom. The molecule has 0 spiro atoms. The monoisotopic (exact) mass is 325 g/mol. The summed E-state index contributed by atoms with van der Waals surface area (Å²) in [5, 5.41) is 19.3. The fraction of sp³-hybridized carbons (Fsp3) is 0.312. The van der Waals surface area contributed by atoms with Crippen molar-refractivity contribution in [1.29, 1.82) is 0 Å². The molecule has 0 atom stereocenters. The van der Waals surface area contributed by atoms with Crippen LogP contribution in [0.2, 0.25) is 0 Å². The third-order valence-corrected chi connectivity index (χ3v) is 3.62. The molecular formula is C16H19N7O. The highest BCUT2D eigenvalue weighted by Crippen LogP contribution is 2.11. The second kappa shape index (κ2) is 7.03. The van der Waals surface area contributed by atoms with Gasteiger partial charge < -0.3 is 5.32 Å². The van der Waals surface area contributed by atoms with Crippen LogP contribution in [0.5, 0.6) is 0 Å². The van der Waals surface area contributed by atoms with Gasteiger partial charge in [-0.2, -0.15) is 9.90 Å². The normalized spacial score (nSPS) is 10.8. The largest absolute Gasteiger partial charge is 0.350 e. The molecule has 0 aliphatic carbocycles. The molecule has 2 aromatic heterocycles. The molecule has 1 amide bonds. The Balaban J connectivity index is 1.57. The van der Waals surface area contributed by atoms with Gasteiger partial charge in [0.05, 0.1) is 5.69 Å². The summed E-state index contributed by atoms with van der Waals surface area (Å²) >= 11 is 0. The molecule has 3 rings (SSSR count). The zero-order valence-corrected chi connectivity index (χ0v) is 13.7. The van der Waals surface area contributed by atoms with E-state index < -0.39 is 0 Å². The number of aryl methyl sites for hydroxylation is 2. The third kappa shape index (κ3) is 3.65. The SMILES string of the molecule is CCn1cc(CNC(=O)Cn2nnc(-c3ccccc3)n2)c(C)n1. The van der Waals surface area contributed by atoms with Crippen molar-refractivity contribution in [2.75, 3.05) is 0 Å². The molecule has 3 aromatic rings. The van der Waals surface area contributed by atoms with Crippen LogP contribution in [0.4, 0.5) is 0 Å². The first-order valence-corrected chi connectivity index (χ1v) is 7.78. The molecular weight excluding hydrogens is 306 g/mol. The molecule has 8 heteroatoms. The summed E-state index contributed by atoms with van der Waals surface area (Å²) < 4.78 is 1.85. The average Bonchev–Trinajstić information content (AvgIpc) is 3.20. The summed E-state index contributed by atoms with van der Waals surface area (Å²) in [6, 6.07) is 9.53. The maximum atomic E-state index is 12.1. The number of amides is 1. The van der Waals surface area contributed by atoms with Gasteiger partial charge in [-0.1, -0.05) is 30.3 Å². The highest BCUT2D eigenvalue weighted by atomic mass is 16.2. The standard InChI is InChI=1S/C16H19N7O/c1-3-22-10-14(12(2)19-22)9-17-15(24)11-23-20-16(18-21-23)13-7-5-4-6-8-13/h4-8,10H,3,9,11H2,1-2H3,(H,17,24). The maximum Gasteiger partial charge on any atom is 0.243 e. The van der Waals surface area contributed by atoms with Crippen LogP contribution >= 0.6 is 0 Å². The van der Waals surface area contributed by atoms with E-state index >= 15 is 0 Å². The van der Waals surface area contributed by atoms with Crippen molar-refractivity contribution in [1.82, 2.24) is 35.3 Å². The molecule has 0 aliphatic rings. The Hall–Kier alpha value is -3.03. The molecule has 2 heterocycles. The average molecular weight is 325 g/mol. The number of rotatable bonds is 6. The number of nitrogens with zero attached hydrogens (tertiary/aromatic N) is 6. The molecule has 124 valence electrons. The van der Waals surface area contributed by atoms with E-state index in [2.05, 4.69) is 25.8 Å². The Kier molecular flexibility index (Phi) is 4.64. The van der Waals surface area contributed by atoms with Gasteiger partial charge in [-0.05, 0) is 19.1 Å². The number of nitrogens with one attached hydrogen (secondary N) is 1. The van der Waals surface area contributed by atoms with Crippen LogP contribution in [0, 0.1) is 6.92 Å². The number of aromatic nitrogens is 6. The molecule has 0 saturated heterocycles. The second-order valence-corrected chi connectivity index (χ2v) is 5.38. The van der Waals surface area contributed by atoms with Crippen LogP contribution in [-0.2, 0) is 24.4 Å². The number of carbonyl (C=O) groups excluding carboxylic acids is 1. The number of benzene rings is 1. The summed E-state index contributed by atoms with van der Waals surface area (Å²) in [6.45, 7) is 5.22. The van der Waals surface area contributed by atoms with Crippen LogP contribution in [0.15, 0.2) is 36.5 Å². The van der Waals surface area contributed by atoms with Crippen molar-refractivity contribution in [2.45, 2.75) is 33.5 Å². The van der Waals surface area contributed by atoms with Gasteiger partial charge in [0.2, 0.25) is 11.7 Å². The van der Waals surface area contributed by atoms with Crippen LogP contribution in [0.3, 0.4) is 0 Å². The van der Waals surface area contributed by atoms with E-state index in [1.807, 2.05) is 55.1 Å². The van der Waals surface area contributed by atoms with E-state index in [1.165, 1.54) is 4.80 Å². The van der Waals surface area contributed by atoms with E-state index in [9.17, 15) is 4.79 Å². The Morgan fingerprint density at radius 1 is 1.21 bits per heavy atom. The number of carbonyl (C=O) groups is 1. The lowest BCUT2D eigenvalue weighted by atomic mass is 10.2. The zero-order chi connectivity index (χ0) is 16.9. The van der Waals surface area contributed by atoms with Crippen molar-refractivity contribution in [3.05, 3.63) is 47.8 Å². The molecule has 0 unspecified atom stereocenters. The van der Waals surface area contributed by atoms with Crippen molar-refractivity contribution in [3.8, 4) is 11.4 Å². The second-order valence-electron chi connectivity index (χ2n) is 5.38. The van der Waals surface area contributed by atoms with E-state index in [0.717, 1.165) is 23.4 Å². The first-order valence-electron chi connectivity index (χ1n) is 7.78. The van der Waals surface area contributed by atoms with Gasteiger partial charge in [-0.25, -0.2) is 0 Å². The lowest BCUT2D eigenvalue weighted by molar-refractivity contribution is -0.122. The minimum atomic E-state index is -0.171. The van der Waals surface area contributed by atoms with E-state index in [-0.39, 0.29) is 12.5 Å². The number of hydrogen-bond donors (Lipinski definition) is 1. The number of tetrazole rings is 1. The molecule has 0 radical (unpaired) electrons. The van der Waals surface area contributed by atoms with Crippen molar-refractivity contribution in [2.24, 2.45) is 0 Å². The Morgan fingerprint density at radius 2 is 2.00 bits per heavy atom. The van der Waals surface area contributed by atoms with Gasteiger partial charge in [-0.15, -0.1) is 10.2 Å². The Labute approximate surface area is 139 Å². The lowest BCUT2D eigenvalue weighted by Gasteiger charge is -2.03. The van der Waals surface area contributed by atoms with Crippen LogP contribution in [-0.4, -0.2) is 35.9 Å². The third-order valence-electron chi connectivity index (χ3n) is 3.62. The van der Waals surface area contributed by atoms with Gasteiger partial charge in [-0.3, -0.25) is 9.48 Å².